The fourth-order valence-corrected chi connectivity index (χ4v) is 3.37. The predicted octanol–water partition coefficient (Wildman–Crippen LogP) is 1.43. The highest BCUT2D eigenvalue weighted by Crippen LogP contribution is 2.21. The lowest BCUT2D eigenvalue weighted by Crippen LogP contribution is -2.37. The third-order valence-electron chi connectivity index (χ3n) is 4.78. The molecule has 1 aliphatic rings. The van der Waals surface area contributed by atoms with Crippen LogP contribution in [-0.2, 0) is 18.4 Å². The van der Waals surface area contributed by atoms with Crippen LogP contribution in [0.1, 0.15) is 22.6 Å². The van der Waals surface area contributed by atoms with Gasteiger partial charge in [-0.05, 0) is 24.6 Å². The van der Waals surface area contributed by atoms with Crippen molar-refractivity contribution in [2.45, 2.75) is 19.1 Å². The second-order valence-corrected chi connectivity index (χ2v) is 7.00. The van der Waals surface area contributed by atoms with Gasteiger partial charge in [-0.25, -0.2) is 15.0 Å². The molecular formula is C20H23N7O2. The average molecular weight is 393 g/mol. The van der Waals surface area contributed by atoms with E-state index in [0.29, 0.717) is 24.8 Å². The average Bonchev–Trinajstić information content (AvgIpc) is 3.38. The van der Waals surface area contributed by atoms with Gasteiger partial charge in [0.15, 0.2) is 0 Å². The number of ether oxygens (including phenoxy) is 1. The Morgan fingerprint density at radius 1 is 1.31 bits per heavy atom. The van der Waals surface area contributed by atoms with E-state index in [9.17, 15) is 4.79 Å². The summed E-state index contributed by atoms with van der Waals surface area (Å²) in [6, 6.07) is 7.25. The molecule has 1 atom stereocenters. The number of amides is 1. The number of aryl methyl sites for hydroxylation is 1. The Balaban J connectivity index is 1.40. The van der Waals surface area contributed by atoms with Crippen LogP contribution in [0.4, 0.5) is 5.95 Å². The monoisotopic (exact) mass is 393 g/mol. The Morgan fingerprint density at radius 3 is 3.00 bits per heavy atom. The normalized spacial score (nSPS) is 16.2. The molecule has 4 rings (SSSR count). The molecule has 1 N–H and O–H groups in total. The lowest BCUT2D eigenvalue weighted by atomic mass is 10.2. The van der Waals surface area contributed by atoms with Gasteiger partial charge in [0.1, 0.15) is 5.69 Å². The van der Waals surface area contributed by atoms with Gasteiger partial charge in [0.2, 0.25) is 5.95 Å². The maximum Gasteiger partial charge on any atom is 0.270 e. The Bertz CT molecular complexity index is 1000. The minimum Gasteiger partial charge on any atom is -0.378 e. The SMILES string of the molecule is COCc1cccc(C(=O)NC2CCN(c3nccc(-c4cnn(C)c4)n3)C2)n1. The van der Waals surface area contributed by atoms with Crippen LogP contribution in [0.15, 0.2) is 42.9 Å². The van der Waals surface area contributed by atoms with Crippen molar-refractivity contribution in [2.75, 3.05) is 25.1 Å². The Kier molecular flexibility index (Phi) is 5.48. The van der Waals surface area contributed by atoms with Crippen LogP contribution in [0, 0.1) is 0 Å². The number of carbonyl (C=O) groups excluding carboxylic acids is 1. The summed E-state index contributed by atoms with van der Waals surface area (Å²) in [5.74, 6) is 0.475. The van der Waals surface area contributed by atoms with Crippen molar-refractivity contribution in [1.82, 2.24) is 30.0 Å². The first-order chi connectivity index (χ1) is 14.1. The topological polar surface area (TPSA) is 98.1 Å². The number of nitrogens with zero attached hydrogens (tertiary/aromatic N) is 6. The summed E-state index contributed by atoms with van der Waals surface area (Å²) in [6.45, 7) is 1.81. The van der Waals surface area contributed by atoms with Crippen LogP contribution in [0.3, 0.4) is 0 Å². The number of hydrogen-bond donors (Lipinski definition) is 1. The zero-order chi connectivity index (χ0) is 20.2. The summed E-state index contributed by atoms with van der Waals surface area (Å²) in [7, 11) is 3.48. The van der Waals surface area contributed by atoms with Crippen LogP contribution < -0.4 is 10.2 Å². The second kappa shape index (κ2) is 8.36. The molecule has 150 valence electrons. The van der Waals surface area contributed by atoms with Gasteiger partial charge in [0.05, 0.1) is 24.2 Å². The Morgan fingerprint density at radius 2 is 2.21 bits per heavy atom. The van der Waals surface area contributed by atoms with Crippen molar-refractivity contribution in [3.63, 3.8) is 0 Å². The van der Waals surface area contributed by atoms with Gasteiger partial charge in [-0.15, -0.1) is 0 Å². The van der Waals surface area contributed by atoms with Crippen LogP contribution in [-0.4, -0.2) is 56.9 Å². The first-order valence-corrected chi connectivity index (χ1v) is 9.45. The molecule has 9 heteroatoms. The lowest BCUT2D eigenvalue weighted by Gasteiger charge is -2.17. The lowest BCUT2D eigenvalue weighted by molar-refractivity contribution is 0.0934. The number of aromatic nitrogens is 5. The molecule has 0 spiro atoms. The molecule has 0 radical (unpaired) electrons. The molecule has 9 nitrogen and oxygen atoms in total. The standard InChI is InChI=1S/C20H23N7O2/c1-26-11-14(10-22-26)17-6-8-21-20(25-17)27-9-7-15(12-27)24-19(28)18-5-3-4-16(23-18)13-29-2/h3-6,8,10-11,15H,7,9,12-13H2,1-2H3,(H,24,28). The van der Waals surface area contributed by atoms with Crippen LogP contribution in [0.5, 0.6) is 0 Å². The fourth-order valence-electron chi connectivity index (χ4n) is 3.37. The maximum atomic E-state index is 12.6. The van der Waals surface area contributed by atoms with Crippen molar-refractivity contribution >= 4 is 11.9 Å². The maximum absolute atomic E-state index is 12.6. The fraction of sp³-hybridized carbons (Fsp3) is 0.350. The summed E-state index contributed by atoms with van der Waals surface area (Å²) in [5, 5.41) is 7.25. The quantitative estimate of drug-likeness (QED) is 0.676. The van der Waals surface area contributed by atoms with Gasteiger partial charge >= 0.3 is 0 Å². The van der Waals surface area contributed by atoms with Crippen LogP contribution >= 0.6 is 0 Å². The van der Waals surface area contributed by atoms with Crippen molar-refractivity contribution in [3.8, 4) is 11.3 Å². The number of nitrogens with one attached hydrogen (secondary N) is 1. The number of carbonyl (C=O) groups is 1. The minimum atomic E-state index is -0.181. The number of pyridine rings is 1. The van der Waals surface area contributed by atoms with E-state index >= 15 is 0 Å². The van der Waals surface area contributed by atoms with E-state index in [1.807, 2.05) is 31.4 Å². The highest BCUT2D eigenvalue weighted by atomic mass is 16.5. The molecule has 0 saturated carbocycles. The van der Waals surface area contributed by atoms with E-state index in [-0.39, 0.29) is 11.9 Å². The number of rotatable bonds is 6. The molecule has 0 bridgehead atoms. The third kappa shape index (κ3) is 4.40. The molecule has 29 heavy (non-hydrogen) atoms. The van der Waals surface area contributed by atoms with E-state index in [0.717, 1.165) is 29.9 Å². The van der Waals surface area contributed by atoms with Crippen molar-refractivity contribution in [1.29, 1.82) is 0 Å². The van der Waals surface area contributed by atoms with Crippen LogP contribution in [0.25, 0.3) is 11.3 Å². The van der Waals surface area contributed by atoms with Gasteiger partial charge in [0, 0.05) is 51.2 Å². The summed E-state index contributed by atoms with van der Waals surface area (Å²) < 4.78 is 6.83. The second-order valence-electron chi connectivity index (χ2n) is 7.00. The van der Waals surface area contributed by atoms with Crippen molar-refractivity contribution < 1.29 is 9.53 Å². The molecule has 3 aromatic rings. The van der Waals surface area contributed by atoms with Crippen molar-refractivity contribution in [2.24, 2.45) is 7.05 Å². The molecule has 4 heterocycles. The number of hydrogen-bond acceptors (Lipinski definition) is 7. The highest BCUT2D eigenvalue weighted by molar-refractivity contribution is 5.92. The van der Waals surface area contributed by atoms with E-state index in [4.69, 9.17) is 4.74 Å². The number of methoxy groups -OCH3 is 1. The molecular weight excluding hydrogens is 370 g/mol. The molecule has 3 aromatic heterocycles. The summed E-state index contributed by atoms with van der Waals surface area (Å²) in [4.78, 5) is 28.1. The first kappa shape index (κ1) is 19.0. The van der Waals surface area contributed by atoms with E-state index < -0.39 is 0 Å². The van der Waals surface area contributed by atoms with Gasteiger partial charge < -0.3 is 15.0 Å². The molecule has 1 saturated heterocycles. The third-order valence-corrected chi connectivity index (χ3v) is 4.78. The van der Waals surface area contributed by atoms with Gasteiger partial charge in [-0.2, -0.15) is 5.10 Å². The molecule has 1 unspecified atom stereocenters. The van der Waals surface area contributed by atoms with Gasteiger partial charge in [0.25, 0.3) is 5.91 Å². The van der Waals surface area contributed by atoms with Gasteiger partial charge in [-0.1, -0.05) is 6.07 Å². The minimum absolute atomic E-state index is 0.0148. The van der Waals surface area contributed by atoms with Crippen LogP contribution in [0.2, 0.25) is 0 Å². The zero-order valence-corrected chi connectivity index (χ0v) is 16.4. The molecule has 1 amide bonds. The molecule has 1 fully saturated rings. The van der Waals surface area contributed by atoms with Gasteiger partial charge in [-0.3, -0.25) is 9.48 Å². The summed E-state index contributed by atoms with van der Waals surface area (Å²) in [6.07, 6.45) is 6.28. The predicted molar refractivity (Wildman–Crippen MR) is 107 cm³/mol. The zero-order valence-electron chi connectivity index (χ0n) is 16.4. The summed E-state index contributed by atoms with van der Waals surface area (Å²) in [5.41, 5.74) is 2.90. The Labute approximate surface area is 168 Å². The van der Waals surface area contributed by atoms with E-state index in [1.165, 1.54) is 0 Å². The Hall–Kier alpha value is -3.33. The summed E-state index contributed by atoms with van der Waals surface area (Å²) >= 11 is 0. The molecule has 0 aliphatic carbocycles. The van der Waals surface area contributed by atoms with E-state index in [2.05, 4.69) is 30.3 Å². The highest BCUT2D eigenvalue weighted by Gasteiger charge is 2.26. The first-order valence-electron chi connectivity index (χ1n) is 9.45. The number of anilines is 1. The van der Waals surface area contributed by atoms with Crippen molar-refractivity contribution in [3.05, 3.63) is 54.2 Å². The van der Waals surface area contributed by atoms with E-state index in [1.54, 1.807) is 30.3 Å². The molecule has 0 aromatic carbocycles. The largest absolute Gasteiger partial charge is 0.378 e. The smallest absolute Gasteiger partial charge is 0.270 e. The molecule has 1 aliphatic heterocycles.